The summed E-state index contributed by atoms with van der Waals surface area (Å²) in [5, 5.41) is 0. The Kier molecular flexibility index (Phi) is 4.42. The molecule has 1 saturated carbocycles. The van der Waals surface area contributed by atoms with Gasteiger partial charge >= 0.3 is 0 Å². The molecule has 2 nitrogen and oxygen atoms in total. The van der Waals surface area contributed by atoms with E-state index in [0.29, 0.717) is 11.5 Å². The highest BCUT2D eigenvalue weighted by molar-refractivity contribution is 4.92. The van der Waals surface area contributed by atoms with Crippen LogP contribution in [0.4, 0.5) is 0 Å². The van der Waals surface area contributed by atoms with Crippen LogP contribution in [-0.2, 0) is 0 Å². The Morgan fingerprint density at radius 3 is 2.12 bits per heavy atom. The molecule has 96 valence electrons. The summed E-state index contributed by atoms with van der Waals surface area (Å²) in [5.74, 6) is 0. The van der Waals surface area contributed by atoms with Crippen LogP contribution >= 0.6 is 0 Å². The Morgan fingerprint density at radius 2 is 1.69 bits per heavy atom. The maximum absolute atomic E-state index is 6.50. The van der Waals surface area contributed by atoms with Crippen molar-refractivity contribution >= 4 is 0 Å². The van der Waals surface area contributed by atoms with Crippen molar-refractivity contribution in [2.75, 3.05) is 13.6 Å². The van der Waals surface area contributed by atoms with Crippen LogP contribution in [0.2, 0.25) is 0 Å². The molecule has 0 aliphatic heterocycles. The molecule has 0 bridgehead atoms. The third kappa shape index (κ3) is 3.74. The van der Waals surface area contributed by atoms with E-state index in [2.05, 4.69) is 39.6 Å². The molecular formula is C14H30N2. The van der Waals surface area contributed by atoms with E-state index in [9.17, 15) is 0 Å². The van der Waals surface area contributed by atoms with Crippen LogP contribution in [0.1, 0.15) is 59.8 Å². The minimum absolute atomic E-state index is 0.0759. The van der Waals surface area contributed by atoms with Crippen LogP contribution in [0.15, 0.2) is 0 Å². The van der Waals surface area contributed by atoms with Crippen LogP contribution < -0.4 is 5.73 Å². The molecule has 2 heteroatoms. The summed E-state index contributed by atoms with van der Waals surface area (Å²) in [7, 11) is 2.22. The monoisotopic (exact) mass is 226 g/mol. The SMILES string of the molecule is CC(N(C)CC1(N)CCCCC1)C(C)(C)C. The normalized spacial score (nSPS) is 23.4. The Bertz CT molecular complexity index is 211. The van der Waals surface area contributed by atoms with Gasteiger partial charge in [0.2, 0.25) is 0 Å². The largest absolute Gasteiger partial charge is 0.324 e. The van der Waals surface area contributed by atoms with Crippen LogP contribution in [0.5, 0.6) is 0 Å². The molecule has 1 fully saturated rings. The van der Waals surface area contributed by atoms with Gasteiger partial charge in [-0.2, -0.15) is 0 Å². The Hall–Kier alpha value is -0.0800. The third-order valence-corrected chi connectivity index (χ3v) is 4.33. The van der Waals surface area contributed by atoms with E-state index < -0.39 is 0 Å². The first-order valence-electron chi connectivity index (χ1n) is 6.74. The van der Waals surface area contributed by atoms with Crippen molar-refractivity contribution in [3.63, 3.8) is 0 Å². The quantitative estimate of drug-likeness (QED) is 0.801. The predicted molar refractivity (Wildman–Crippen MR) is 71.6 cm³/mol. The second-order valence-corrected chi connectivity index (χ2v) is 6.88. The van der Waals surface area contributed by atoms with Gasteiger partial charge in [-0.1, -0.05) is 40.0 Å². The number of hydrogen-bond donors (Lipinski definition) is 1. The van der Waals surface area contributed by atoms with Gasteiger partial charge in [-0.25, -0.2) is 0 Å². The Balaban J connectivity index is 2.52. The zero-order valence-electron chi connectivity index (χ0n) is 11.8. The van der Waals surface area contributed by atoms with Gasteiger partial charge in [-0.05, 0) is 32.2 Å². The topological polar surface area (TPSA) is 29.3 Å². The smallest absolute Gasteiger partial charge is 0.0283 e. The van der Waals surface area contributed by atoms with Gasteiger partial charge in [0.1, 0.15) is 0 Å². The van der Waals surface area contributed by atoms with E-state index in [1.165, 1.54) is 32.1 Å². The molecule has 0 aromatic carbocycles. The lowest BCUT2D eigenvalue weighted by atomic mass is 9.80. The molecule has 1 aliphatic carbocycles. The number of nitrogens with two attached hydrogens (primary N) is 1. The van der Waals surface area contributed by atoms with Gasteiger partial charge < -0.3 is 10.6 Å². The molecule has 0 aromatic heterocycles. The summed E-state index contributed by atoms with van der Waals surface area (Å²) >= 11 is 0. The lowest BCUT2D eigenvalue weighted by Crippen LogP contribution is -2.54. The van der Waals surface area contributed by atoms with Crippen LogP contribution in [0, 0.1) is 5.41 Å². The zero-order chi connectivity index (χ0) is 12.4. The van der Waals surface area contributed by atoms with Crippen molar-refractivity contribution in [3.05, 3.63) is 0 Å². The zero-order valence-corrected chi connectivity index (χ0v) is 11.8. The molecule has 1 unspecified atom stereocenters. The van der Waals surface area contributed by atoms with Gasteiger partial charge in [0.15, 0.2) is 0 Å². The molecule has 2 N–H and O–H groups in total. The third-order valence-electron chi connectivity index (χ3n) is 4.33. The van der Waals surface area contributed by atoms with Gasteiger partial charge in [0.25, 0.3) is 0 Å². The average Bonchev–Trinajstić information content (AvgIpc) is 2.15. The summed E-state index contributed by atoms with van der Waals surface area (Å²) in [4.78, 5) is 2.45. The maximum atomic E-state index is 6.50. The fourth-order valence-corrected chi connectivity index (χ4v) is 2.71. The first kappa shape index (κ1) is 14.0. The Labute approximate surface area is 102 Å². The van der Waals surface area contributed by atoms with Crippen LogP contribution in [0.3, 0.4) is 0 Å². The molecule has 0 radical (unpaired) electrons. The summed E-state index contributed by atoms with van der Waals surface area (Å²) in [6.07, 6.45) is 6.41. The minimum Gasteiger partial charge on any atom is -0.324 e. The molecule has 16 heavy (non-hydrogen) atoms. The van der Waals surface area contributed by atoms with Gasteiger partial charge in [-0.15, -0.1) is 0 Å². The first-order valence-corrected chi connectivity index (χ1v) is 6.74. The number of rotatable bonds is 3. The molecule has 0 spiro atoms. The highest BCUT2D eigenvalue weighted by atomic mass is 15.2. The second kappa shape index (κ2) is 5.05. The molecule has 0 aromatic rings. The molecule has 0 amide bonds. The maximum Gasteiger partial charge on any atom is 0.0283 e. The summed E-state index contributed by atoms with van der Waals surface area (Å²) < 4.78 is 0. The van der Waals surface area contributed by atoms with Gasteiger partial charge in [-0.3, -0.25) is 0 Å². The fourth-order valence-electron chi connectivity index (χ4n) is 2.71. The van der Waals surface area contributed by atoms with Gasteiger partial charge in [0.05, 0.1) is 0 Å². The van der Waals surface area contributed by atoms with Crippen molar-refractivity contribution < 1.29 is 0 Å². The summed E-state index contributed by atoms with van der Waals surface area (Å²) in [6.45, 7) is 10.3. The number of nitrogens with zero attached hydrogens (tertiary/aromatic N) is 1. The van der Waals surface area contributed by atoms with Gasteiger partial charge in [0, 0.05) is 18.1 Å². The predicted octanol–water partition coefficient (Wildman–Crippen LogP) is 3.01. The highest BCUT2D eigenvalue weighted by Gasteiger charge is 2.32. The lowest BCUT2D eigenvalue weighted by molar-refractivity contribution is 0.100. The summed E-state index contributed by atoms with van der Waals surface area (Å²) in [6, 6.07) is 0.579. The lowest BCUT2D eigenvalue weighted by Gasteiger charge is -2.42. The van der Waals surface area contributed by atoms with Crippen molar-refractivity contribution in [1.82, 2.24) is 4.90 Å². The molecule has 0 saturated heterocycles. The van der Waals surface area contributed by atoms with Crippen molar-refractivity contribution in [2.45, 2.75) is 71.4 Å². The van der Waals surface area contributed by atoms with Crippen LogP contribution in [0.25, 0.3) is 0 Å². The highest BCUT2D eigenvalue weighted by Crippen LogP contribution is 2.29. The van der Waals surface area contributed by atoms with Crippen molar-refractivity contribution in [3.8, 4) is 0 Å². The first-order chi connectivity index (χ1) is 7.25. The summed E-state index contributed by atoms with van der Waals surface area (Å²) in [5.41, 5.74) is 6.91. The molecule has 0 heterocycles. The van der Waals surface area contributed by atoms with Crippen molar-refractivity contribution in [2.24, 2.45) is 11.1 Å². The molecular weight excluding hydrogens is 196 g/mol. The number of likely N-dealkylation sites (N-methyl/N-ethyl adjacent to an activating group) is 1. The van der Waals surface area contributed by atoms with E-state index in [-0.39, 0.29) is 5.54 Å². The Morgan fingerprint density at radius 1 is 1.19 bits per heavy atom. The minimum atomic E-state index is 0.0759. The standard InChI is InChI=1S/C14H30N2/c1-12(13(2,3)4)16(5)11-14(15)9-7-6-8-10-14/h12H,6-11,15H2,1-5H3. The van der Waals surface area contributed by atoms with Crippen molar-refractivity contribution in [1.29, 1.82) is 0 Å². The second-order valence-electron chi connectivity index (χ2n) is 6.88. The molecule has 1 rings (SSSR count). The van der Waals surface area contributed by atoms with E-state index >= 15 is 0 Å². The molecule has 1 atom stereocenters. The fraction of sp³-hybridized carbons (Fsp3) is 1.00. The van der Waals surface area contributed by atoms with E-state index in [1.807, 2.05) is 0 Å². The molecule has 1 aliphatic rings. The van der Waals surface area contributed by atoms with E-state index in [1.54, 1.807) is 0 Å². The van der Waals surface area contributed by atoms with Crippen LogP contribution in [-0.4, -0.2) is 30.1 Å². The average molecular weight is 226 g/mol. The van der Waals surface area contributed by atoms with E-state index in [4.69, 9.17) is 5.73 Å². The number of hydrogen-bond acceptors (Lipinski definition) is 2. The van der Waals surface area contributed by atoms with E-state index in [0.717, 1.165) is 6.54 Å².